The van der Waals surface area contributed by atoms with Crippen LogP contribution in [0.2, 0.25) is 0 Å². The van der Waals surface area contributed by atoms with Gasteiger partial charge in [-0.3, -0.25) is 4.79 Å². The number of nitrogens with one attached hydrogen (secondary N) is 2. The highest BCUT2D eigenvalue weighted by Crippen LogP contribution is 2.07. The lowest BCUT2D eigenvalue weighted by atomic mass is 10.2. The molecule has 0 aromatic heterocycles. The van der Waals surface area contributed by atoms with Crippen LogP contribution in [0.3, 0.4) is 0 Å². The van der Waals surface area contributed by atoms with Gasteiger partial charge in [-0.05, 0) is 37.6 Å². The van der Waals surface area contributed by atoms with E-state index in [0.29, 0.717) is 0 Å². The van der Waals surface area contributed by atoms with E-state index in [1.807, 2.05) is 92.7 Å². The maximum absolute atomic E-state index is 11.8. The third-order valence-electron chi connectivity index (χ3n) is 3.40. The van der Waals surface area contributed by atoms with Crippen LogP contribution in [0.4, 0.5) is 5.69 Å². The normalized spacial score (nSPS) is 11.8. The number of hydrazone groups is 1. The second kappa shape index (κ2) is 9.88. The monoisotopic (exact) mass is 333 g/mol. The molecular weight excluding hydrogens is 310 g/mol. The fourth-order valence-corrected chi connectivity index (χ4v) is 2.01. The van der Waals surface area contributed by atoms with Gasteiger partial charge in [-0.15, -0.1) is 0 Å². The first-order valence-corrected chi connectivity index (χ1v) is 8.17. The summed E-state index contributed by atoms with van der Waals surface area (Å²) in [6, 6.07) is 17.9. The van der Waals surface area contributed by atoms with Gasteiger partial charge >= 0.3 is 0 Å². The first-order chi connectivity index (χ1) is 12.1. The molecule has 0 aliphatic carbocycles. The van der Waals surface area contributed by atoms with E-state index in [9.17, 15) is 4.79 Å². The van der Waals surface area contributed by atoms with Crippen molar-refractivity contribution in [3.8, 4) is 0 Å². The van der Waals surface area contributed by atoms with E-state index in [1.54, 1.807) is 0 Å². The maximum Gasteiger partial charge on any atom is 0.259 e. The predicted octanol–water partition coefficient (Wildman–Crippen LogP) is 4.17. The minimum atomic E-state index is -0.187. The molecule has 0 fully saturated rings. The van der Waals surface area contributed by atoms with Crippen molar-refractivity contribution in [1.29, 1.82) is 0 Å². The van der Waals surface area contributed by atoms with Crippen LogP contribution in [-0.4, -0.2) is 18.2 Å². The van der Waals surface area contributed by atoms with Crippen molar-refractivity contribution in [2.24, 2.45) is 5.10 Å². The molecule has 0 bridgehead atoms. The first kappa shape index (κ1) is 18.2. The van der Waals surface area contributed by atoms with E-state index in [-0.39, 0.29) is 12.5 Å². The van der Waals surface area contributed by atoms with Crippen molar-refractivity contribution < 1.29 is 4.79 Å². The van der Waals surface area contributed by atoms with Crippen LogP contribution in [0.5, 0.6) is 0 Å². The molecule has 1 amide bonds. The smallest absolute Gasteiger partial charge is 0.259 e. The third kappa shape index (κ3) is 7.31. The van der Waals surface area contributed by atoms with Gasteiger partial charge in [0.1, 0.15) is 0 Å². The molecule has 2 aromatic rings. The van der Waals surface area contributed by atoms with Crippen LogP contribution in [0.1, 0.15) is 18.1 Å². The zero-order chi connectivity index (χ0) is 17.9. The summed E-state index contributed by atoms with van der Waals surface area (Å²) in [4.78, 5) is 11.8. The molecule has 2 aromatic carbocycles. The molecule has 0 aliphatic rings. The molecule has 4 heteroatoms. The Bertz CT molecular complexity index is 759. The predicted molar refractivity (Wildman–Crippen MR) is 106 cm³/mol. The highest BCUT2D eigenvalue weighted by atomic mass is 16.2. The number of hydrogen-bond acceptors (Lipinski definition) is 3. The highest BCUT2D eigenvalue weighted by Gasteiger charge is 1.99. The van der Waals surface area contributed by atoms with Crippen LogP contribution in [0.15, 0.2) is 77.9 Å². The largest absolute Gasteiger partial charge is 0.376 e. The second-order valence-corrected chi connectivity index (χ2v) is 5.64. The van der Waals surface area contributed by atoms with Gasteiger partial charge in [-0.2, -0.15) is 5.10 Å². The van der Waals surface area contributed by atoms with E-state index < -0.39 is 0 Å². The number of carbonyl (C=O) groups excluding carboxylic acids is 1. The van der Waals surface area contributed by atoms with Gasteiger partial charge in [0.15, 0.2) is 0 Å². The quantitative estimate of drug-likeness (QED) is 0.454. The van der Waals surface area contributed by atoms with E-state index in [0.717, 1.165) is 17.0 Å². The summed E-state index contributed by atoms with van der Waals surface area (Å²) in [6.07, 6.45) is 7.68. The molecule has 4 nitrogen and oxygen atoms in total. The lowest BCUT2D eigenvalue weighted by molar-refractivity contribution is -0.119. The number of amides is 1. The SMILES string of the molecule is CC(/C=C/C=C/c1ccccc1)=N/NC(=O)CNc1ccc(C)cc1. The number of hydrogen-bond donors (Lipinski definition) is 2. The zero-order valence-electron chi connectivity index (χ0n) is 14.6. The Hall–Kier alpha value is -3.14. The Kier molecular flexibility index (Phi) is 7.19. The number of nitrogens with zero attached hydrogens (tertiary/aromatic N) is 1. The summed E-state index contributed by atoms with van der Waals surface area (Å²) < 4.78 is 0. The summed E-state index contributed by atoms with van der Waals surface area (Å²) in [7, 11) is 0. The fraction of sp³-hybridized carbons (Fsp3) is 0.143. The minimum absolute atomic E-state index is 0.178. The molecular formula is C21H23N3O. The number of allylic oxidation sites excluding steroid dienone is 3. The zero-order valence-corrected chi connectivity index (χ0v) is 14.6. The van der Waals surface area contributed by atoms with E-state index >= 15 is 0 Å². The van der Waals surface area contributed by atoms with Gasteiger partial charge in [0.25, 0.3) is 5.91 Å². The number of rotatable bonds is 7. The lowest BCUT2D eigenvalue weighted by Crippen LogP contribution is -2.26. The minimum Gasteiger partial charge on any atom is -0.376 e. The molecule has 0 radical (unpaired) electrons. The van der Waals surface area contributed by atoms with Crippen LogP contribution in [0, 0.1) is 6.92 Å². The average molecular weight is 333 g/mol. The van der Waals surface area contributed by atoms with Gasteiger partial charge in [-0.1, -0.05) is 66.3 Å². The van der Waals surface area contributed by atoms with Crippen LogP contribution in [-0.2, 0) is 4.79 Å². The van der Waals surface area contributed by atoms with Crippen LogP contribution < -0.4 is 10.7 Å². The molecule has 0 unspecified atom stereocenters. The van der Waals surface area contributed by atoms with Crippen molar-refractivity contribution in [1.82, 2.24) is 5.43 Å². The van der Waals surface area contributed by atoms with E-state index in [1.165, 1.54) is 5.56 Å². The highest BCUT2D eigenvalue weighted by molar-refractivity contribution is 5.94. The molecule has 0 heterocycles. The molecule has 25 heavy (non-hydrogen) atoms. The molecule has 0 saturated heterocycles. The second-order valence-electron chi connectivity index (χ2n) is 5.64. The fourth-order valence-electron chi connectivity index (χ4n) is 2.01. The number of benzene rings is 2. The molecule has 0 saturated carbocycles. The topological polar surface area (TPSA) is 53.5 Å². The van der Waals surface area contributed by atoms with Gasteiger partial charge in [0, 0.05) is 5.69 Å². The van der Waals surface area contributed by atoms with Gasteiger partial charge < -0.3 is 5.32 Å². The van der Waals surface area contributed by atoms with Crippen LogP contribution >= 0.6 is 0 Å². The third-order valence-corrected chi connectivity index (χ3v) is 3.40. The van der Waals surface area contributed by atoms with E-state index in [4.69, 9.17) is 0 Å². The summed E-state index contributed by atoms with van der Waals surface area (Å²) in [5, 5.41) is 7.11. The van der Waals surface area contributed by atoms with Crippen molar-refractivity contribution in [2.75, 3.05) is 11.9 Å². The van der Waals surface area contributed by atoms with Gasteiger partial charge in [0.05, 0.1) is 12.3 Å². The average Bonchev–Trinajstić information content (AvgIpc) is 2.64. The van der Waals surface area contributed by atoms with Crippen molar-refractivity contribution >= 4 is 23.4 Å². The Morgan fingerprint density at radius 3 is 2.48 bits per heavy atom. The van der Waals surface area contributed by atoms with Crippen LogP contribution in [0.25, 0.3) is 6.08 Å². The summed E-state index contributed by atoms with van der Waals surface area (Å²) in [5.74, 6) is -0.187. The Morgan fingerprint density at radius 1 is 1.04 bits per heavy atom. The lowest BCUT2D eigenvalue weighted by Gasteiger charge is -2.05. The maximum atomic E-state index is 11.8. The molecule has 2 rings (SSSR count). The summed E-state index contributed by atoms with van der Waals surface area (Å²) in [5.41, 5.74) is 6.49. The summed E-state index contributed by atoms with van der Waals surface area (Å²) >= 11 is 0. The Morgan fingerprint density at radius 2 is 1.76 bits per heavy atom. The molecule has 128 valence electrons. The molecule has 0 aliphatic heterocycles. The Labute approximate surface area is 149 Å². The van der Waals surface area contributed by atoms with E-state index in [2.05, 4.69) is 15.8 Å². The van der Waals surface area contributed by atoms with Gasteiger partial charge in [-0.25, -0.2) is 5.43 Å². The number of carbonyl (C=O) groups is 1. The molecule has 0 atom stereocenters. The van der Waals surface area contributed by atoms with Crippen molar-refractivity contribution in [2.45, 2.75) is 13.8 Å². The molecule has 2 N–H and O–H groups in total. The summed E-state index contributed by atoms with van der Waals surface area (Å²) in [6.45, 7) is 4.04. The Balaban J connectivity index is 1.74. The number of anilines is 1. The van der Waals surface area contributed by atoms with Gasteiger partial charge in [0.2, 0.25) is 0 Å². The standard InChI is InChI=1S/C21H23N3O/c1-17-12-14-20(15-13-17)22-16-21(25)24-23-18(2)8-6-7-11-19-9-4-3-5-10-19/h3-15,22H,16H2,1-2H3,(H,24,25)/b8-6+,11-7+,23-18-. The number of aryl methyl sites for hydroxylation is 1. The molecule has 0 spiro atoms. The van der Waals surface area contributed by atoms with Crippen molar-refractivity contribution in [3.05, 3.63) is 84.0 Å². The first-order valence-electron chi connectivity index (χ1n) is 8.17. The van der Waals surface area contributed by atoms with Crippen molar-refractivity contribution in [3.63, 3.8) is 0 Å².